The number of hydrogen-bond donors (Lipinski definition) is 0. The molecule has 1 aliphatic carbocycles. The Hall–Kier alpha value is -2.95. The van der Waals surface area contributed by atoms with Gasteiger partial charge in [0.15, 0.2) is 6.29 Å². The fraction of sp³-hybridized carbons (Fsp3) is 0.333. The molecule has 184 valence electrons. The first-order valence-electron chi connectivity index (χ1n) is 10.6. The van der Waals surface area contributed by atoms with E-state index in [0.717, 1.165) is 58.3 Å². The summed E-state index contributed by atoms with van der Waals surface area (Å²) in [5.74, 6) is 0.766. The minimum Gasteiger partial charge on any atom is -0.456 e. The summed E-state index contributed by atoms with van der Waals surface area (Å²) in [7, 11) is 2.91. The number of nitrogens with zero attached hydrogens (tertiary/aromatic N) is 3. The Morgan fingerprint density at radius 2 is 1.65 bits per heavy atom. The molecule has 0 saturated carbocycles. The van der Waals surface area contributed by atoms with Gasteiger partial charge in [0.25, 0.3) is 0 Å². The quantitative estimate of drug-likeness (QED) is 0.181. The second-order valence-corrected chi connectivity index (χ2v) is 8.70. The lowest BCUT2D eigenvalue weighted by Gasteiger charge is -2.22. The van der Waals surface area contributed by atoms with Crippen LogP contribution in [0, 0.1) is 10.2 Å². The first kappa shape index (κ1) is 27.3. The molecular formula is C24H30ClN3O6. The van der Waals surface area contributed by atoms with Crippen LogP contribution in [0.2, 0.25) is 0 Å². The van der Waals surface area contributed by atoms with Gasteiger partial charge >= 0.3 is 0 Å². The summed E-state index contributed by atoms with van der Waals surface area (Å²) >= 11 is 0. The van der Waals surface area contributed by atoms with Crippen LogP contribution in [-0.4, -0.2) is 52.5 Å². The van der Waals surface area contributed by atoms with E-state index in [1.807, 2.05) is 56.0 Å². The van der Waals surface area contributed by atoms with E-state index in [1.165, 1.54) is 0 Å². The number of aldehydes is 1. The van der Waals surface area contributed by atoms with Crippen LogP contribution in [0.1, 0.15) is 19.4 Å². The van der Waals surface area contributed by atoms with Crippen LogP contribution >= 0.6 is 0 Å². The van der Waals surface area contributed by atoms with Crippen LogP contribution in [0.4, 0.5) is 5.69 Å². The topological polar surface area (TPSA) is 132 Å². The van der Waals surface area contributed by atoms with Crippen molar-refractivity contribution in [2.45, 2.75) is 13.8 Å². The molecule has 9 nitrogen and oxygen atoms in total. The lowest BCUT2D eigenvalue weighted by Crippen LogP contribution is -2.68. The predicted octanol–water partition coefficient (Wildman–Crippen LogP) is -1.24. The molecule has 0 aromatic heterocycles. The average molecular weight is 492 g/mol. The van der Waals surface area contributed by atoms with Crippen molar-refractivity contribution in [2.75, 3.05) is 46.2 Å². The van der Waals surface area contributed by atoms with E-state index in [2.05, 4.69) is 43.0 Å². The SMILES string of the molecule is CCN(CC)c1ccc2c(/C(C=O)=C\N(C)C)c3ccc(=[N+](C)C)cc-3oc2c1.[O-][Cl+3]([O-])([O-])[O-]. The van der Waals surface area contributed by atoms with Crippen molar-refractivity contribution in [1.29, 1.82) is 0 Å². The van der Waals surface area contributed by atoms with E-state index in [-0.39, 0.29) is 0 Å². The van der Waals surface area contributed by atoms with Crippen LogP contribution in [0.15, 0.2) is 47.0 Å². The number of fused-ring (bicyclic) bond motifs is 2. The van der Waals surface area contributed by atoms with Gasteiger partial charge in [0.05, 0.1) is 6.07 Å². The molecular weight excluding hydrogens is 462 g/mol. The fourth-order valence-corrected chi connectivity index (χ4v) is 3.67. The second-order valence-electron chi connectivity index (χ2n) is 7.95. The van der Waals surface area contributed by atoms with Crippen molar-refractivity contribution < 1.29 is 38.1 Å². The Morgan fingerprint density at radius 3 is 2.15 bits per heavy atom. The van der Waals surface area contributed by atoms with Crippen molar-refractivity contribution in [3.8, 4) is 11.3 Å². The monoisotopic (exact) mass is 491 g/mol. The highest BCUT2D eigenvalue weighted by atomic mass is 35.7. The van der Waals surface area contributed by atoms with Gasteiger partial charge in [-0.1, -0.05) is 0 Å². The Bertz CT molecular complexity index is 1200. The van der Waals surface area contributed by atoms with Crippen molar-refractivity contribution in [1.82, 2.24) is 9.48 Å². The Morgan fingerprint density at radius 1 is 1.03 bits per heavy atom. The van der Waals surface area contributed by atoms with Gasteiger partial charge in [-0.2, -0.15) is 0 Å². The minimum atomic E-state index is -4.94. The summed E-state index contributed by atoms with van der Waals surface area (Å²) in [5, 5.41) is 1.99. The van der Waals surface area contributed by atoms with Gasteiger partial charge in [-0.05, 0) is 32.0 Å². The lowest BCUT2D eigenvalue weighted by atomic mass is 9.94. The summed E-state index contributed by atoms with van der Waals surface area (Å²) < 4.78 is 42.4. The molecule has 0 N–H and O–H groups in total. The molecule has 0 fully saturated rings. The summed E-state index contributed by atoms with van der Waals surface area (Å²) in [6.07, 6.45) is 2.78. The molecule has 0 saturated heterocycles. The number of benzene rings is 2. The van der Waals surface area contributed by atoms with Crippen molar-refractivity contribution in [3.63, 3.8) is 0 Å². The number of anilines is 1. The van der Waals surface area contributed by atoms with Gasteiger partial charge in [-0.25, -0.2) is 23.2 Å². The van der Waals surface area contributed by atoms with E-state index >= 15 is 0 Å². The standard InChI is InChI=1S/C24H30N3O2.ClHO4/c1-7-27(8-2)19-10-12-21-23(14-19)29-22-13-18(26(5)6)9-11-20(22)24(21)17(16-28)15-25(3)4;2-1(3,4)5/h9-16H,7-8H2,1-6H3;(H,2,3,4,5)/q+1;/p-1. The van der Waals surface area contributed by atoms with E-state index < -0.39 is 10.2 Å². The van der Waals surface area contributed by atoms with Gasteiger partial charge in [0.2, 0.25) is 5.36 Å². The minimum absolute atomic E-state index is 0.633. The first-order valence-corrected chi connectivity index (χ1v) is 11.8. The van der Waals surface area contributed by atoms with E-state index in [4.69, 9.17) is 23.1 Å². The van der Waals surface area contributed by atoms with Crippen LogP contribution in [0.3, 0.4) is 0 Å². The molecule has 0 atom stereocenters. The molecule has 1 heterocycles. The average Bonchev–Trinajstić information content (AvgIpc) is 2.75. The largest absolute Gasteiger partial charge is 0.456 e. The first-order chi connectivity index (χ1) is 15.9. The van der Waals surface area contributed by atoms with Gasteiger partial charge in [0, 0.05) is 73.3 Å². The molecule has 2 aliphatic rings. The molecule has 0 radical (unpaired) electrons. The molecule has 1 aromatic rings. The van der Waals surface area contributed by atoms with Crippen LogP contribution in [0.25, 0.3) is 27.9 Å². The summed E-state index contributed by atoms with van der Waals surface area (Å²) in [5.41, 5.74) is 4.36. The van der Waals surface area contributed by atoms with Crippen LogP contribution in [-0.2, 0) is 4.79 Å². The normalized spacial score (nSPS) is 11.8. The Kier molecular flexibility index (Phi) is 9.20. The summed E-state index contributed by atoms with van der Waals surface area (Å²) in [6, 6.07) is 12.4. The highest BCUT2D eigenvalue weighted by Crippen LogP contribution is 2.37. The van der Waals surface area contributed by atoms with E-state index in [1.54, 1.807) is 0 Å². The highest BCUT2D eigenvalue weighted by Gasteiger charge is 2.20. The Labute approximate surface area is 201 Å². The van der Waals surface area contributed by atoms with E-state index in [0.29, 0.717) is 5.57 Å². The number of rotatable bonds is 6. The number of carbonyl (C=O) groups excluding carboxylic acids is 1. The smallest absolute Gasteiger partial charge is 0.203 e. The van der Waals surface area contributed by atoms with Crippen LogP contribution < -0.4 is 33.5 Å². The molecule has 34 heavy (non-hydrogen) atoms. The number of carbonyl (C=O) groups is 1. The zero-order chi connectivity index (χ0) is 25.6. The van der Waals surface area contributed by atoms with Crippen molar-refractivity contribution >= 4 is 28.5 Å². The second kappa shape index (κ2) is 11.5. The summed E-state index contributed by atoms with van der Waals surface area (Å²) in [4.78, 5) is 16.2. The van der Waals surface area contributed by atoms with Crippen LogP contribution in [0.5, 0.6) is 0 Å². The van der Waals surface area contributed by atoms with Gasteiger partial charge in [0.1, 0.15) is 25.4 Å². The third-order valence-corrected chi connectivity index (χ3v) is 5.15. The molecule has 0 unspecified atom stereocenters. The maximum Gasteiger partial charge on any atom is 0.203 e. The molecule has 0 spiro atoms. The summed E-state index contributed by atoms with van der Waals surface area (Å²) in [6.45, 7) is 6.13. The maximum absolute atomic E-state index is 12.0. The van der Waals surface area contributed by atoms with Crippen molar-refractivity contribution in [3.05, 3.63) is 53.5 Å². The van der Waals surface area contributed by atoms with Gasteiger partial charge < -0.3 is 14.2 Å². The molecule has 0 bridgehead atoms. The maximum atomic E-state index is 12.0. The van der Waals surface area contributed by atoms with Gasteiger partial charge in [-0.15, -0.1) is 10.2 Å². The predicted molar refractivity (Wildman–Crippen MR) is 121 cm³/mol. The van der Waals surface area contributed by atoms with E-state index in [9.17, 15) is 4.79 Å². The zero-order valence-corrected chi connectivity index (χ0v) is 21.0. The molecule has 1 aliphatic heterocycles. The third-order valence-electron chi connectivity index (χ3n) is 5.15. The third kappa shape index (κ3) is 7.02. The number of halogens is 1. The zero-order valence-electron chi connectivity index (χ0n) is 20.2. The number of hydrogen-bond acceptors (Lipinski definition) is 8. The molecule has 1 aromatic carbocycles. The molecule has 0 amide bonds. The lowest BCUT2D eigenvalue weighted by molar-refractivity contribution is -2.00. The number of allylic oxidation sites excluding steroid dienone is 1. The highest BCUT2D eigenvalue weighted by molar-refractivity contribution is 6.15. The Balaban J connectivity index is 0.000000739. The van der Waals surface area contributed by atoms with Crippen molar-refractivity contribution in [2.24, 2.45) is 0 Å². The fourth-order valence-electron chi connectivity index (χ4n) is 3.67. The molecule has 3 rings (SSSR count). The van der Waals surface area contributed by atoms with Gasteiger partial charge in [-0.3, -0.25) is 4.79 Å². The molecule has 10 heteroatoms.